The number of hydrogen-bond acceptors (Lipinski definition) is 2. The molecule has 2 nitrogen and oxygen atoms in total. The number of hydrogen-bond donors (Lipinski definition) is 1. The fourth-order valence-electron chi connectivity index (χ4n) is 8.30. The van der Waals surface area contributed by atoms with E-state index in [9.17, 15) is 9.90 Å². The average molecular weight is 425 g/mol. The SMILES string of the molecule is CC1(O)CCC2C3CCC4(C)C(C(=O)CBr)CCC4C3CC(C)(C)C2C1. The van der Waals surface area contributed by atoms with Gasteiger partial charge in [0, 0.05) is 5.92 Å². The first-order valence-corrected chi connectivity index (χ1v) is 12.0. The van der Waals surface area contributed by atoms with Gasteiger partial charge < -0.3 is 5.11 Å². The van der Waals surface area contributed by atoms with Gasteiger partial charge in [0.2, 0.25) is 0 Å². The highest BCUT2D eigenvalue weighted by Gasteiger charge is 2.61. The van der Waals surface area contributed by atoms with Gasteiger partial charge >= 0.3 is 0 Å². The van der Waals surface area contributed by atoms with Crippen LogP contribution in [0.3, 0.4) is 0 Å². The third kappa shape index (κ3) is 2.86. The molecule has 3 heteroatoms. The van der Waals surface area contributed by atoms with E-state index in [0.29, 0.717) is 22.4 Å². The lowest BCUT2D eigenvalue weighted by Crippen LogP contribution is -2.56. The van der Waals surface area contributed by atoms with Crippen LogP contribution in [0, 0.1) is 46.3 Å². The molecule has 4 fully saturated rings. The number of alkyl halides is 1. The van der Waals surface area contributed by atoms with Crippen LogP contribution in [0.1, 0.15) is 79.1 Å². The minimum Gasteiger partial charge on any atom is -0.390 e. The van der Waals surface area contributed by atoms with E-state index >= 15 is 0 Å². The Bertz CT molecular complexity index is 583. The molecule has 0 amide bonds. The molecule has 0 heterocycles. The number of fused-ring (bicyclic) bond motifs is 5. The van der Waals surface area contributed by atoms with Crippen molar-refractivity contribution in [2.45, 2.75) is 84.7 Å². The van der Waals surface area contributed by atoms with Gasteiger partial charge in [-0.25, -0.2) is 0 Å². The summed E-state index contributed by atoms with van der Waals surface area (Å²) < 4.78 is 0. The molecule has 0 spiro atoms. The van der Waals surface area contributed by atoms with Crippen LogP contribution in [-0.4, -0.2) is 21.8 Å². The first kappa shape index (κ1) is 19.4. The Labute approximate surface area is 168 Å². The number of aliphatic hydroxyl groups is 1. The maximum atomic E-state index is 12.6. The molecule has 148 valence electrons. The lowest BCUT2D eigenvalue weighted by molar-refractivity contribution is -0.149. The zero-order chi connectivity index (χ0) is 18.9. The monoisotopic (exact) mass is 424 g/mol. The standard InChI is InChI=1S/C23H37BrO2/c1-21(2)11-16-14(15-7-9-22(3,26)12-19(15)21)8-10-23(4)17(16)5-6-18(23)20(25)13-24/h14-19,26H,5-13H2,1-4H3. The predicted molar refractivity (Wildman–Crippen MR) is 109 cm³/mol. The summed E-state index contributed by atoms with van der Waals surface area (Å²) in [6.07, 6.45) is 9.37. The second-order valence-electron chi connectivity index (χ2n) is 11.4. The Kier molecular flexibility index (Phi) is 4.71. The summed E-state index contributed by atoms with van der Waals surface area (Å²) in [6, 6.07) is 0. The Morgan fingerprint density at radius 3 is 2.31 bits per heavy atom. The van der Waals surface area contributed by atoms with Crippen molar-refractivity contribution < 1.29 is 9.90 Å². The summed E-state index contributed by atoms with van der Waals surface area (Å²) in [5.41, 5.74) is 0.0797. The molecule has 8 atom stereocenters. The lowest BCUT2D eigenvalue weighted by Gasteiger charge is -2.61. The minimum atomic E-state index is -0.463. The van der Waals surface area contributed by atoms with Crippen LogP contribution < -0.4 is 0 Å². The molecule has 0 aromatic heterocycles. The Balaban J connectivity index is 1.63. The van der Waals surface area contributed by atoms with Gasteiger partial charge in [-0.05, 0) is 98.7 Å². The molecular weight excluding hydrogens is 388 g/mol. The van der Waals surface area contributed by atoms with Crippen LogP contribution in [0.25, 0.3) is 0 Å². The van der Waals surface area contributed by atoms with E-state index in [0.717, 1.165) is 42.9 Å². The summed E-state index contributed by atoms with van der Waals surface area (Å²) in [5, 5.41) is 11.2. The molecule has 8 unspecified atom stereocenters. The molecule has 4 saturated carbocycles. The van der Waals surface area contributed by atoms with E-state index in [2.05, 4.69) is 43.6 Å². The lowest BCUT2D eigenvalue weighted by atomic mass is 9.44. The largest absolute Gasteiger partial charge is 0.390 e. The topological polar surface area (TPSA) is 37.3 Å². The molecule has 1 N–H and O–H groups in total. The van der Waals surface area contributed by atoms with Crippen molar-refractivity contribution in [2.24, 2.45) is 46.3 Å². The summed E-state index contributed by atoms with van der Waals surface area (Å²) in [4.78, 5) is 12.6. The first-order valence-electron chi connectivity index (χ1n) is 10.9. The van der Waals surface area contributed by atoms with E-state index in [-0.39, 0.29) is 11.3 Å². The van der Waals surface area contributed by atoms with E-state index in [1.165, 1.54) is 32.1 Å². The van der Waals surface area contributed by atoms with Gasteiger partial charge in [0.25, 0.3) is 0 Å². The Morgan fingerprint density at radius 2 is 1.62 bits per heavy atom. The molecule has 0 radical (unpaired) electrons. The highest BCUT2D eigenvalue weighted by Crippen LogP contribution is 2.67. The molecule has 26 heavy (non-hydrogen) atoms. The Morgan fingerprint density at radius 1 is 0.923 bits per heavy atom. The van der Waals surface area contributed by atoms with Crippen molar-refractivity contribution >= 4 is 21.7 Å². The summed E-state index contributed by atoms with van der Waals surface area (Å²) in [6.45, 7) is 9.42. The highest BCUT2D eigenvalue weighted by atomic mass is 79.9. The average Bonchev–Trinajstić information content (AvgIpc) is 2.91. The number of Topliss-reactive ketones (excluding diaryl/α,β-unsaturated/α-hetero) is 1. The molecule has 0 aromatic rings. The summed E-state index contributed by atoms with van der Waals surface area (Å²) in [5.74, 6) is 4.53. The molecule has 4 aliphatic carbocycles. The van der Waals surface area contributed by atoms with Crippen molar-refractivity contribution in [3.63, 3.8) is 0 Å². The number of ketones is 1. The van der Waals surface area contributed by atoms with Crippen LogP contribution >= 0.6 is 15.9 Å². The smallest absolute Gasteiger partial charge is 0.147 e. The molecule has 0 saturated heterocycles. The van der Waals surface area contributed by atoms with Crippen molar-refractivity contribution in [3.8, 4) is 0 Å². The van der Waals surface area contributed by atoms with Gasteiger partial charge in [0.15, 0.2) is 0 Å². The molecule has 4 aliphatic rings. The summed E-state index contributed by atoms with van der Waals surface area (Å²) in [7, 11) is 0. The number of carbonyl (C=O) groups is 1. The molecular formula is C23H37BrO2. The van der Waals surface area contributed by atoms with Gasteiger partial charge in [-0.3, -0.25) is 4.79 Å². The third-order valence-electron chi connectivity index (χ3n) is 9.52. The van der Waals surface area contributed by atoms with Crippen LogP contribution in [-0.2, 0) is 4.79 Å². The highest BCUT2D eigenvalue weighted by molar-refractivity contribution is 9.09. The van der Waals surface area contributed by atoms with Gasteiger partial charge in [0.1, 0.15) is 5.78 Å². The zero-order valence-electron chi connectivity index (χ0n) is 17.1. The van der Waals surface area contributed by atoms with Gasteiger partial charge in [-0.1, -0.05) is 36.7 Å². The third-order valence-corrected chi connectivity index (χ3v) is 10.1. The first-order chi connectivity index (χ1) is 12.1. The van der Waals surface area contributed by atoms with Crippen LogP contribution in [0.2, 0.25) is 0 Å². The Hall–Kier alpha value is 0.110. The predicted octanol–water partition coefficient (Wildman–Crippen LogP) is 5.61. The number of rotatable bonds is 2. The fraction of sp³-hybridized carbons (Fsp3) is 0.957. The van der Waals surface area contributed by atoms with Gasteiger partial charge in [0.05, 0.1) is 10.9 Å². The quantitative estimate of drug-likeness (QED) is 0.584. The van der Waals surface area contributed by atoms with E-state index in [1.54, 1.807) is 0 Å². The maximum absolute atomic E-state index is 12.6. The zero-order valence-corrected chi connectivity index (χ0v) is 18.6. The minimum absolute atomic E-state index is 0.231. The van der Waals surface area contributed by atoms with E-state index < -0.39 is 5.60 Å². The maximum Gasteiger partial charge on any atom is 0.147 e. The van der Waals surface area contributed by atoms with Crippen LogP contribution in [0.15, 0.2) is 0 Å². The second-order valence-corrected chi connectivity index (χ2v) is 12.0. The van der Waals surface area contributed by atoms with Gasteiger partial charge in [-0.2, -0.15) is 0 Å². The fourth-order valence-corrected chi connectivity index (χ4v) is 8.69. The molecule has 0 aromatic carbocycles. The van der Waals surface area contributed by atoms with E-state index in [1.807, 2.05) is 0 Å². The van der Waals surface area contributed by atoms with Crippen LogP contribution in [0.4, 0.5) is 0 Å². The van der Waals surface area contributed by atoms with Crippen molar-refractivity contribution in [1.29, 1.82) is 0 Å². The van der Waals surface area contributed by atoms with Crippen molar-refractivity contribution in [3.05, 3.63) is 0 Å². The molecule has 4 rings (SSSR count). The van der Waals surface area contributed by atoms with Crippen LogP contribution in [0.5, 0.6) is 0 Å². The normalized spacial score (nSPS) is 52.7. The van der Waals surface area contributed by atoms with Gasteiger partial charge in [-0.15, -0.1) is 0 Å². The summed E-state index contributed by atoms with van der Waals surface area (Å²) >= 11 is 3.44. The molecule has 0 aliphatic heterocycles. The molecule has 0 bridgehead atoms. The number of halogens is 1. The van der Waals surface area contributed by atoms with Crippen molar-refractivity contribution in [1.82, 2.24) is 0 Å². The number of carbonyl (C=O) groups excluding carboxylic acids is 1. The van der Waals surface area contributed by atoms with E-state index in [4.69, 9.17) is 0 Å². The second kappa shape index (κ2) is 6.31. The van der Waals surface area contributed by atoms with Crippen molar-refractivity contribution in [2.75, 3.05) is 5.33 Å².